The van der Waals surface area contributed by atoms with Gasteiger partial charge >= 0.3 is 36.0 Å². The summed E-state index contributed by atoms with van der Waals surface area (Å²) in [7, 11) is 0. The molecule has 2 nitrogen and oxygen atoms in total. The fraction of sp³-hybridized carbons (Fsp3) is 0.500. The first-order chi connectivity index (χ1) is 12.5. The Morgan fingerprint density at radius 2 is 1.25 bits per heavy atom. The zero-order chi connectivity index (χ0) is 22.2. The van der Waals surface area contributed by atoms with Crippen LogP contribution in [0.4, 0.5) is 52.7 Å². The van der Waals surface area contributed by atoms with Crippen molar-refractivity contribution in [2.24, 2.45) is 0 Å². The molecule has 0 atom stereocenters. The largest absolute Gasteiger partial charge is 0.487 e. The minimum absolute atomic E-state index is 0.0511. The molecule has 0 bridgehead atoms. The summed E-state index contributed by atoms with van der Waals surface area (Å²) in [6.07, 6.45) is -5.55. The maximum absolute atomic E-state index is 13.5. The van der Waals surface area contributed by atoms with Gasteiger partial charge in [0, 0.05) is 0 Å². The second kappa shape index (κ2) is 7.25. The Hall–Kier alpha value is -2.33. The van der Waals surface area contributed by atoms with Crippen LogP contribution in [-0.2, 0) is 0 Å². The molecule has 0 heterocycles. The van der Waals surface area contributed by atoms with Gasteiger partial charge in [0.15, 0.2) is 6.61 Å². The van der Waals surface area contributed by atoms with Crippen molar-refractivity contribution in [1.29, 1.82) is 5.26 Å². The molecule has 0 saturated carbocycles. The Morgan fingerprint density at radius 1 is 0.786 bits per heavy atom. The number of ether oxygens (including phenoxy) is 1. The Morgan fingerprint density at radius 3 is 1.64 bits per heavy atom. The first-order valence-electron chi connectivity index (χ1n) is 6.76. The van der Waals surface area contributed by atoms with Gasteiger partial charge in [-0.2, -0.15) is 49.2 Å². The average molecular weight is 433 g/mol. The lowest BCUT2D eigenvalue weighted by Gasteiger charge is -2.39. The van der Waals surface area contributed by atoms with Gasteiger partial charge in [-0.3, -0.25) is 0 Å². The molecule has 0 amide bonds. The highest BCUT2D eigenvalue weighted by Gasteiger charge is 2.87. The molecule has 1 rings (SSSR count). The second-order valence-electron chi connectivity index (χ2n) is 5.28. The standard InChI is InChI=1S/C14H7F12NO/c15-9(16)11(19,20)13(23,24)14(25,26)12(21,22)10(17,18)6-28-8-3-1-7(5-27)2-4-8/h1-4,9H,6H2. The summed E-state index contributed by atoms with van der Waals surface area (Å²) in [6.45, 7) is -2.70. The third-order valence-electron chi connectivity index (χ3n) is 3.34. The molecule has 0 N–H and O–H groups in total. The van der Waals surface area contributed by atoms with E-state index in [1.165, 1.54) is 0 Å². The molecule has 0 spiro atoms. The number of nitriles is 1. The first kappa shape index (κ1) is 23.7. The van der Waals surface area contributed by atoms with E-state index >= 15 is 0 Å². The van der Waals surface area contributed by atoms with Crippen LogP contribution in [0.5, 0.6) is 5.75 Å². The molecule has 0 aromatic heterocycles. The molecule has 14 heteroatoms. The molecular formula is C14H7F12NO. The molecule has 0 aliphatic rings. The Bertz CT molecular complexity index is 723. The normalized spacial score (nSPS) is 14.1. The van der Waals surface area contributed by atoms with Gasteiger partial charge in [0.2, 0.25) is 0 Å². The van der Waals surface area contributed by atoms with E-state index in [9.17, 15) is 52.7 Å². The number of halogens is 12. The Labute approximate surface area is 148 Å². The van der Waals surface area contributed by atoms with E-state index < -0.39 is 48.4 Å². The summed E-state index contributed by atoms with van der Waals surface area (Å²) in [4.78, 5) is 0. The van der Waals surface area contributed by atoms with Gasteiger partial charge in [-0.25, -0.2) is 8.78 Å². The third-order valence-corrected chi connectivity index (χ3v) is 3.34. The lowest BCUT2D eigenvalue weighted by Crippen LogP contribution is -2.69. The summed E-state index contributed by atoms with van der Waals surface area (Å²) in [6, 6.07) is 4.94. The van der Waals surface area contributed by atoms with E-state index in [0.717, 1.165) is 24.3 Å². The molecule has 28 heavy (non-hydrogen) atoms. The Balaban J connectivity index is 3.16. The van der Waals surface area contributed by atoms with Gasteiger partial charge in [0.05, 0.1) is 11.6 Å². The lowest BCUT2D eigenvalue weighted by atomic mass is 9.94. The van der Waals surface area contributed by atoms with Crippen LogP contribution in [0.25, 0.3) is 0 Å². The smallest absolute Gasteiger partial charge is 0.384 e. The van der Waals surface area contributed by atoms with E-state index in [2.05, 4.69) is 4.74 Å². The maximum Gasteiger partial charge on any atom is 0.384 e. The molecule has 0 unspecified atom stereocenters. The lowest BCUT2D eigenvalue weighted by molar-refractivity contribution is -0.414. The zero-order valence-corrected chi connectivity index (χ0v) is 13.0. The number of nitrogens with zero attached hydrogens (tertiary/aromatic N) is 1. The second-order valence-corrected chi connectivity index (χ2v) is 5.28. The SMILES string of the molecule is N#Cc1ccc(OCC(F)(F)C(F)(F)C(F)(F)C(F)(F)C(F)(F)C(F)F)cc1. The molecule has 0 saturated heterocycles. The van der Waals surface area contributed by atoms with Crippen LogP contribution in [0, 0.1) is 11.3 Å². The minimum Gasteiger partial charge on any atom is -0.487 e. The van der Waals surface area contributed by atoms with Crippen LogP contribution in [0.15, 0.2) is 24.3 Å². The summed E-state index contributed by atoms with van der Waals surface area (Å²) < 4.78 is 160. The number of hydrogen-bond acceptors (Lipinski definition) is 2. The van der Waals surface area contributed by atoms with Crippen LogP contribution >= 0.6 is 0 Å². The van der Waals surface area contributed by atoms with E-state index in [1.807, 2.05) is 0 Å². The minimum atomic E-state index is -7.59. The van der Waals surface area contributed by atoms with Crippen molar-refractivity contribution in [2.45, 2.75) is 36.0 Å². The monoisotopic (exact) mass is 433 g/mol. The third kappa shape index (κ3) is 3.66. The van der Waals surface area contributed by atoms with E-state index in [-0.39, 0.29) is 5.56 Å². The number of alkyl halides is 12. The van der Waals surface area contributed by atoms with Gasteiger partial charge in [0.25, 0.3) is 0 Å². The van der Waals surface area contributed by atoms with E-state index in [0.29, 0.717) is 0 Å². The average Bonchev–Trinajstić information content (AvgIpc) is 2.59. The zero-order valence-electron chi connectivity index (χ0n) is 13.0. The summed E-state index contributed by atoms with van der Waals surface area (Å²) in [5, 5.41) is 8.49. The summed E-state index contributed by atoms with van der Waals surface area (Å²) in [5.74, 6) is -36.3. The van der Waals surface area contributed by atoms with E-state index in [4.69, 9.17) is 5.26 Å². The van der Waals surface area contributed by atoms with Crippen molar-refractivity contribution in [3.8, 4) is 11.8 Å². The molecule has 1 aromatic rings. The fourth-order valence-corrected chi connectivity index (χ4v) is 1.66. The highest BCUT2D eigenvalue weighted by molar-refractivity contribution is 5.34. The van der Waals surface area contributed by atoms with E-state index in [1.54, 1.807) is 6.07 Å². The van der Waals surface area contributed by atoms with Crippen LogP contribution in [0.1, 0.15) is 5.56 Å². The quantitative estimate of drug-likeness (QED) is 0.516. The van der Waals surface area contributed by atoms with Crippen molar-refractivity contribution in [1.82, 2.24) is 0 Å². The van der Waals surface area contributed by atoms with Gasteiger partial charge < -0.3 is 4.74 Å². The van der Waals surface area contributed by atoms with Gasteiger partial charge in [0.1, 0.15) is 5.75 Å². The molecule has 158 valence electrons. The molecule has 0 aliphatic carbocycles. The van der Waals surface area contributed by atoms with Crippen LogP contribution in [-0.4, -0.2) is 42.6 Å². The van der Waals surface area contributed by atoms with Crippen molar-refractivity contribution < 1.29 is 57.4 Å². The molecule has 0 fully saturated rings. The summed E-state index contributed by atoms with van der Waals surface area (Å²) in [5.41, 5.74) is -0.0511. The number of rotatable bonds is 8. The predicted molar refractivity (Wildman–Crippen MR) is 67.4 cm³/mol. The van der Waals surface area contributed by atoms with Crippen LogP contribution in [0.2, 0.25) is 0 Å². The molecule has 0 aliphatic heterocycles. The highest BCUT2D eigenvalue weighted by atomic mass is 19.4. The van der Waals surface area contributed by atoms with Gasteiger partial charge in [-0.05, 0) is 24.3 Å². The van der Waals surface area contributed by atoms with Crippen molar-refractivity contribution in [2.75, 3.05) is 6.61 Å². The first-order valence-corrected chi connectivity index (χ1v) is 6.76. The molecular weight excluding hydrogens is 426 g/mol. The van der Waals surface area contributed by atoms with Gasteiger partial charge in [-0.15, -0.1) is 0 Å². The Kier molecular flexibility index (Phi) is 6.14. The molecule has 0 radical (unpaired) electrons. The summed E-state index contributed by atoms with van der Waals surface area (Å²) >= 11 is 0. The van der Waals surface area contributed by atoms with Crippen molar-refractivity contribution >= 4 is 0 Å². The molecule has 1 aromatic carbocycles. The maximum atomic E-state index is 13.5. The number of hydrogen-bond donors (Lipinski definition) is 0. The fourth-order valence-electron chi connectivity index (χ4n) is 1.66. The van der Waals surface area contributed by atoms with Crippen LogP contribution < -0.4 is 4.74 Å². The predicted octanol–water partition coefficient (Wildman–Crippen LogP) is 5.38. The number of benzene rings is 1. The van der Waals surface area contributed by atoms with Crippen molar-refractivity contribution in [3.63, 3.8) is 0 Å². The van der Waals surface area contributed by atoms with Crippen LogP contribution in [0.3, 0.4) is 0 Å². The highest BCUT2D eigenvalue weighted by Crippen LogP contribution is 2.58. The van der Waals surface area contributed by atoms with Gasteiger partial charge in [-0.1, -0.05) is 0 Å². The van der Waals surface area contributed by atoms with Crippen molar-refractivity contribution in [3.05, 3.63) is 29.8 Å². The topological polar surface area (TPSA) is 33.0 Å².